The Morgan fingerprint density at radius 1 is 0.373 bits per heavy atom. The third kappa shape index (κ3) is 7.89. The highest BCUT2D eigenvalue weighted by atomic mass is 16.3. The Labute approximate surface area is 439 Å². The standard InChI is InChI=1S/C68H62N6O/c1-65(2,3)43-26-30-54-49(35-43)50-36-44(66(4,5)6)27-31-55(50)73(54)58-42(39-69)34-53-47-24-19-25-48(64-71-62(40-20-15-13-16-21-40)70-63(72-64)41-22-17-14-18-23-41)60(47)75-61(53)59(58)74-56-32-28-45(67(7,8)9)37-51(56)52-38-46(68(10,11)12)29-33-57(52)74/h13-38H,1-12H3. The summed E-state index contributed by atoms with van der Waals surface area (Å²) < 4.78 is 12.3. The molecule has 7 nitrogen and oxygen atoms in total. The van der Waals surface area contributed by atoms with Gasteiger partial charge in [-0.05, 0) is 105 Å². The highest BCUT2D eigenvalue weighted by molar-refractivity contribution is 6.18. The lowest BCUT2D eigenvalue weighted by Gasteiger charge is -2.21. The predicted octanol–water partition coefficient (Wildman–Crippen LogP) is 18.0. The molecule has 0 bridgehead atoms. The van der Waals surface area contributed by atoms with Crippen molar-refractivity contribution in [2.24, 2.45) is 0 Å². The molecule has 0 atom stereocenters. The molecule has 0 amide bonds. The van der Waals surface area contributed by atoms with Gasteiger partial charge < -0.3 is 13.6 Å². The van der Waals surface area contributed by atoms with Gasteiger partial charge in [0.15, 0.2) is 23.1 Å². The zero-order valence-electron chi connectivity index (χ0n) is 45.1. The predicted molar refractivity (Wildman–Crippen MR) is 312 cm³/mol. The van der Waals surface area contributed by atoms with Gasteiger partial charge in [0.2, 0.25) is 0 Å². The van der Waals surface area contributed by atoms with E-state index in [2.05, 4.69) is 177 Å². The summed E-state index contributed by atoms with van der Waals surface area (Å²) in [5.41, 5.74) is 14.4. The molecule has 0 aliphatic heterocycles. The van der Waals surface area contributed by atoms with Gasteiger partial charge in [-0.1, -0.05) is 180 Å². The monoisotopic (exact) mass is 978 g/mol. The second-order valence-corrected chi connectivity index (χ2v) is 24.5. The van der Waals surface area contributed by atoms with Gasteiger partial charge in [-0.3, -0.25) is 0 Å². The Morgan fingerprint density at radius 3 is 1.15 bits per heavy atom. The molecule has 0 aliphatic rings. The minimum atomic E-state index is -0.102. The molecule has 12 aromatic rings. The van der Waals surface area contributed by atoms with Crippen LogP contribution in [0.3, 0.4) is 0 Å². The number of hydrogen-bond acceptors (Lipinski definition) is 5. The number of nitrogens with zero attached hydrogens (tertiary/aromatic N) is 6. The van der Waals surface area contributed by atoms with Crippen molar-refractivity contribution in [3.8, 4) is 51.6 Å². The molecule has 370 valence electrons. The zero-order valence-corrected chi connectivity index (χ0v) is 45.1. The van der Waals surface area contributed by atoms with Crippen molar-refractivity contribution < 1.29 is 4.42 Å². The molecule has 8 aromatic carbocycles. The van der Waals surface area contributed by atoms with Crippen molar-refractivity contribution in [1.29, 1.82) is 5.26 Å². The molecule has 0 fully saturated rings. The van der Waals surface area contributed by atoms with Crippen molar-refractivity contribution in [1.82, 2.24) is 24.1 Å². The first-order valence-electron chi connectivity index (χ1n) is 26.2. The van der Waals surface area contributed by atoms with E-state index in [1.165, 1.54) is 22.3 Å². The van der Waals surface area contributed by atoms with Crippen LogP contribution in [0.2, 0.25) is 0 Å². The number of para-hydroxylation sites is 1. The van der Waals surface area contributed by atoms with Crippen molar-refractivity contribution in [3.05, 3.63) is 186 Å². The van der Waals surface area contributed by atoms with E-state index < -0.39 is 0 Å². The van der Waals surface area contributed by atoms with Gasteiger partial charge in [0.25, 0.3) is 0 Å². The van der Waals surface area contributed by atoms with E-state index in [0.717, 1.165) is 82.4 Å². The maximum atomic E-state index is 11.8. The van der Waals surface area contributed by atoms with Crippen molar-refractivity contribution in [3.63, 3.8) is 0 Å². The first kappa shape index (κ1) is 47.7. The van der Waals surface area contributed by atoms with Crippen molar-refractivity contribution in [2.45, 2.75) is 105 Å². The smallest absolute Gasteiger partial charge is 0.167 e. The number of nitriles is 1. The van der Waals surface area contributed by atoms with E-state index in [-0.39, 0.29) is 21.7 Å². The van der Waals surface area contributed by atoms with Crippen LogP contribution >= 0.6 is 0 Å². The molecule has 0 radical (unpaired) electrons. The number of aromatic nitrogens is 5. The van der Waals surface area contributed by atoms with Gasteiger partial charge in [0.1, 0.15) is 17.3 Å². The van der Waals surface area contributed by atoms with Crippen LogP contribution in [0.1, 0.15) is 111 Å². The molecule has 0 N–H and O–H groups in total. The average molecular weight is 979 g/mol. The van der Waals surface area contributed by atoms with E-state index in [1.54, 1.807) is 0 Å². The molecule has 4 heterocycles. The summed E-state index contributed by atoms with van der Waals surface area (Å²) in [5.74, 6) is 1.61. The first-order chi connectivity index (χ1) is 35.7. The van der Waals surface area contributed by atoms with Gasteiger partial charge in [-0.15, -0.1) is 0 Å². The maximum absolute atomic E-state index is 11.8. The normalized spacial score (nSPS) is 12.8. The van der Waals surface area contributed by atoms with Crippen LogP contribution in [-0.2, 0) is 21.7 Å². The van der Waals surface area contributed by atoms with E-state index in [9.17, 15) is 5.26 Å². The van der Waals surface area contributed by atoms with Crippen LogP contribution < -0.4 is 0 Å². The Kier molecular flexibility index (Phi) is 10.7. The second-order valence-electron chi connectivity index (χ2n) is 24.5. The Balaban J connectivity index is 1.27. The molecule has 7 heteroatoms. The average Bonchev–Trinajstić information content (AvgIpc) is 4.05. The molecule has 0 aliphatic carbocycles. The van der Waals surface area contributed by atoms with Crippen LogP contribution in [0, 0.1) is 11.3 Å². The number of furan rings is 1. The van der Waals surface area contributed by atoms with E-state index in [4.69, 9.17) is 19.4 Å². The van der Waals surface area contributed by atoms with Gasteiger partial charge in [0, 0.05) is 43.4 Å². The van der Waals surface area contributed by atoms with Gasteiger partial charge in [0.05, 0.1) is 38.9 Å². The molecular weight excluding hydrogens is 917 g/mol. The summed E-state index contributed by atoms with van der Waals surface area (Å²) in [7, 11) is 0. The SMILES string of the molecule is CC(C)(C)c1ccc2c(c1)c1cc(C(C)(C)C)ccc1n2-c1c(C#N)cc2c(oc3c(-c4nc(-c5ccccc5)nc(-c5ccccc5)n4)cccc32)c1-n1c2ccc(C(C)(C)C)cc2c2cc(C(C)(C)C)ccc21. The molecule has 12 rings (SSSR count). The molecule has 4 aromatic heterocycles. The minimum Gasteiger partial charge on any atom is -0.453 e. The number of fused-ring (bicyclic) bond motifs is 9. The summed E-state index contributed by atoms with van der Waals surface area (Å²) in [5, 5.41) is 18.0. The topological polar surface area (TPSA) is 85.5 Å². The van der Waals surface area contributed by atoms with Crippen LogP contribution in [0.5, 0.6) is 0 Å². The molecule has 0 saturated carbocycles. The quantitative estimate of drug-likeness (QED) is 0.171. The first-order valence-corrected chi connectivity index (χ1v) is 26.2. The summed E-state index contributed by atoms with van der Waals surface area (Å²) in [6.45, 7) is 27.2. The van der Waals surface area contributed by atoms with Crippen LogP contribution in [0.25, 0.3) is 111 Å². The maximum Gasteiger partial charge on any atom is 0.167 e. The second kappa shape index (κ2) is 16.8. The highest BCUT2D eigenvalue weighted by Gasteiger charge is 2.31. The van der Waals surface area contributed by atoms with E-state index in [1.807, 2.05) is 78.9 Å². The molecule has 0 unspecified atom stereocenters. The Hall–Kier alpha value is -8.34. The summed E-state index contributed by atoms with van der Waals surface area (Å²) in [6.07, 6.45) is 0. The van der Waals surface area contributed by atoms with Crippen LogP contribution in [0.4, 0.5) is 0 Å². The number of rotatable bonds is 5. The zero-order chi connectivity index (χ0) is 52.5. The minimum absolute atomic E-state index is 0.0961. The number of benzene rings is 8. The molecule has 0 spiro atoms. The highest BCUT2D eigenvalue weighted by Crippen LogP contribution is 2.48. The lowest BCUT2D eigenvalue weighted by Crippen LogP contribution is -2.11. The Morgan fingerprint density at radius 2 is 0.760 bits per heavy atom. The van der Waals surface area contributed by atoms with Crippen LogP contribution in [-0.4, -0.2) is 24.1 Å². The summed E-state index contributed by atoms with van der Waals surface area (Å²) in [6, 6.07) is 58.6. The van der Waals surface area contributed by atoms with Crippen molar-refractivity contribution >= 4 is 65.6 Å². The third-order valence-electron chi connectivity index (χ3n) is 15.2. The lowest BCUT2D eigenvalue weighted by atomic mass is 9.85. The Bertz CT molecular complexity index is 4120. The lowest BCUT2D eigenvalue weighted by molar-refractivity contribution is 0.590. The summed E-state index contributed by atoms with van der Waals surface area (Å²) in [4.78, 5) is 15.4. The van der Waals surface area contributed by atoms with Crippen LogP contribution in [0.15, 0.2) is 162 Å². The third-order valence-corrected chi connectivity index (χ3v) is 15.2. The fourth-order valence-corrected chi connectivity index (χ4v) is 10.9. The summed E-state index contributed by atoms with van der Waals surface area (Å²) >= 11 is 0. The number of hydrogen-bond donors (Lipinski definition) is 0. The van der Waals surface area contributed by atoms with E-state index in [0.29, 0.717) is 34.2 Å². The fourth-order valence-electron chi connectivity index (χ4n) is 10.9. The molecule has 0 saturated heterocycles. The molecule has 75 heavy (non-hydrogen) atoms. The largest absolute Gasteiger partial charge is 0.453 e. The van der Waals surface area contributed by atoms with Gasteiger partial charge in [-0.2, -0.15) is 5.26 Å². The molecular formula is C68H62N6O. The van der Waals surface area contributed by atoms with Crippen molar-refractivity contribution in [2.75, 3.05) is 0 Å². The fraction of sp³-hybridized carbons (Fsp3) is 0.235. The van der Waals surface area contributed by atoms with Gasteiger partial charge in [-0.25, -0.2) is 15.0 Å². The van der Waals surface area contributed by atoms with E-state index >= 15 is 0 Å². The van der Waals surface area contributed by atoms with Gasteiger partial charge >= 0.3 is 0 Å².